The number of fused-ring (bicyclic) bond motifs is 1. The van der Waals surface area contributed by atoms with Crippen molar-refractivity contribution in [1.29, 1.82) is 0 Å². The number of imidazole rings is 1. The van der Waals surface area contributed by atoms with E-state index in [0.29, 0.717) is 0 Å². The fourth-order valence-corrected chi connectivity index (χ4v) is 1.49. The normalized spacial score (nSPS) is 10.9. The lowest BCUT2D eigenvalue weighted by atomic mass is 10.5. The zero-order valence-electron chi connectivity index (χ0n) is 7.99. The average molecular weight is 178 g/mol. The summed E-state index contributed by atoms with van der Waals surface area (Å²) < 4.78 is 1.92. The van der Waals surface area contributed by atoms with Crippen molar-refractivity contribution in [1.82, 2.24) is 14.6 Å². The first-order valence-corrected chi connectivity index (χ1v) is 4.62. The maximum absolute atomic E-state index is 4.47. The molecule has 0 unspecified atom stereocenters. The van der Waals surface area contributed by atoms with Crippen LogP contribution in [0.15, 0.2) is 18.5 Å². The molecular weight excluding hydrogens is 164 g/mol. The van der Waals surface area contributed by atoms with E-state index in [9.17, 15) is 0 Å². The van der Waals surface area contributed by atoms with Gasteiger partial charge >= 0.3 is 0 Å². The zero-order valence-corrected chi connectivity index (χ0v) is 7.99. The number of nitrogens with zero attached hydrogens (tertiary/aromatic N) is 3. The van der Waals surface area contributed by atoms with Crippen molar-refractivity contribution in [3.63, 3.8) is 0 Å². The molecule has 0 aliphatic carbocycles. The van der Waals surface area contributed by atoms with Crippen LogP contribution in [0.1, 0.15) is 13.8 Å². The van der Waals surface area contributed by atoms with E-state index < -0.39 is 0 Å². The Balaban J connectivity index is 2.37. The number of rotatable bonds is 3. The molecule has 0 aliphatic rings. The molecule has 0 aliphatic heterocycles. The van der Waals surface area contributed by atoms with Gasteiger partial charge < -0.3 is 10.00 Å². The van der Waals surface area contributed by atoms with Crippen LogP contribution in [0.2, 0.25) is 0 Å². The van der Waals surface area contributed by atoms with Gasteiger partial charge in [-0.1, -0.05) is 0 Å². The number of H-pyrrole nitrogens is 1. The molecule has 0 aromatic carbocycles. The van der Waals surface area contributed by atoms with E-state index in [-0.39, 0.29) is 0 Å². The Kier molecular flexibility index (Phi) is 1.96. The third kappa shape index (κ3) is 1.28. The monoisotopic (exact) mass is 178 g/mol. The van der Waals surface area contributed by atoms with Crippen LogP contribution in [0, 0.1) is 0 Å². The van der Waals surface area contributed by atoms with E-state index in [2.05, 4.69) is 28.8 Å². The highest BCUT2D eigenvalue weighted by atomic mass is 15.3. The second-order valence-electron chi connectivity index (χ2n) is 2.96. The van der Waals surface area contributed by atoms with Crippen molar-refractivity contribution in [2.75, 3.05) is 18.0 Å². The maximum Gasteiger partial charge on any atom is 0.155 e. The van der Waals surface area contributed by atoms with Crippen LogP contribution in [0.25, 0.3) is 5.65 Å². The molecule has 0 saturated carbocycles. The fourth-order valence-electron chi connectivity index (χ4n) is 1.49. The molecule has 2 aromatic rings. The van der Waals surface area contributed by atoms with E-state index in [1.807, 2.05) is 23.0 Å². The van der Waals surface area contributed by atoms with Crippen molar-refractivity contribution >= 4 is 11.5 Å². The number of hydrogen-bond acceptors (Lipinski definition) is 2. The van der Waals surface area contributed by atoms with Crippen molar-refractivity contribution in [2.45, 2.75) is 13.8 Å². The summed E-state index contributed by atoms with van der Waals surface area (Å²) in [5.41, 5.74) is 0.974. The number of aromatic amines is 1. The molecule has 0 radical (unpaired) electrons. The predicted molar refractivity (Wildman–Crippen MR) is 53.1 cm³/mol. The summed E-state index contributed by atoms with van der Waals surface area (Å²) in [6, 6.07) is 1.97. The maximum atomic E-state index is 4.47. The van der Waals surface area contributed by atoms with Crippen molar-refractivity contribution in [2.24, 2.45) is 0 Å². The number of anilines is 1. The van der Waals surface area contributed by atoms with Crippen molar-refractivity contribution < 1.29 is 0 Å². The molecular formula is C9H14N4. The van der Waals surface area contributed by atoms with Gasteiger partial charge in [0.1, 0.15) is 5.82 Å². The van der Waals surface area contributed by atoms with E-state index in [1.54, 1.807) is 0 Å². The van der Waals surface area contributed by atoms with Gasteiger partial charge in [0.2, 0.25) is 0 Å². The number of hydrogen-bond donors (Lipinski definition) is 1. The molecule has 0 amide bonds. The summed E-state index contributed by atoms with van der Waals surface area (Å²) >= 11 is 0. The van der Waals surface area contributed by atoms with E-state index in [4.69, 9.17) is 0 Å². The Hall–Kier alpha value is -1.45. The van der Waals surface area contributed by atoms with Gasteiger partial charge in [0.15, 0.2) is 5.65 Å². The standard InChI is InChI=1S/C9H14N4/c1-3-12(4-2)9-7-13-8(11-9)5-6-10-13/h5-7,10H,3-4H2,1-2H3. The quantitative estimate of drug-likeness (QED) is 0.773. The summed E-state index contributed by atoms with van der Waals surface area (Å²) in [6.45, 7) is 6.27. The molecule has 0 bridgehead atoms. The smallest absolute Gasteiger partial charge is 0.155 e. The third-order valence-corrected chi connectivity index (χ3v) is 2.25. The van der Waals surface area contributed by atoms with Gasteiger partial charge in [-0.2, -0.15) is 0 Å². The number of nitrogens with one attached hydrogen (secondary N) is 1. The molecule has 4 heteroatoms. The highest BCUT2D eigenvalue weighted by Gasteiger charge is 2.06. The highest BCUT2D eigenvalue weighted by Crippen LogP contribution is 2.12. The van der Waals surface area contributed by atoms with Crippen LogP contribution in [0.3, 0.4) is 0 Å². The molecule has 13 heavy (non-hydrogen) atoms. The largest absolute Gasteiger partial charge is 0.356 e. The Labute approximate surface area is 77.2 Å². The molecule has 0 saturated heterocycles. The highest BCUT2D eigenvalue weighted by molar-refractivity contribution is 5.49. The zero-order chi connectivity index (χ0) is 9.26. The first-order chi connectivity index (χ1) is 6.35. The first kappa shape index (κ1) is 8.16. The van der Waals surface area contributed by atoms with Crippen LogP contribution in [-0.2, 0) is 0 Å². The lowest BCUT2D eigenvalue weighted by Gasteiger charge is -2.16. The van der Waals surface area contributed by atoms with Crippen LogP contribution in [-0.4, -0.2) is 27.7 Å². The second-order valence-corrected chi connectivity index (χ2v) is 2.96. The number of aromatic nitrogens is 3. The topological polar surface area (TPSA) is 36.3 Å². The predicted octanol–water partition coefficient (Wildman–Crippen LogP) is 1.51. The van der Waals surface area contributed by atoms with Crippen LogP contribution >= 0.6 is 0 Å². The minimum atomic E-state index is 0.974. The Morgan fingerprint density at radius 3 is 2.85 bits per heavy atom. The van der Waals surface area contributed by atoms with Gasteiger partial charge in [0, 0.05) is 25.4 Å². The Morgan fingerprint density at radius 2 is 2.23 bits per heavy atom. The van der Waals surface area contributed by atoms with Crippen LogP contribution < -0.4 is 4.90 Å². The van der Waals surface area contributed by atoms with E-state index in [1.165, 1.54) is 0 Å². The Morgan fingerprint density at radius 1 is 1.46 bits per heavy atom. The van der Waals surface area contributed by atoms with Gasteiger partial charge in [-0.3, -0.25) is 0 Å². The minimum absolute atomic E-state index is 0.974. The van der Waals surface area contributed by atoms with Gasteiger partial charge in [-0.25, -0.2) is 9.50 Å². The molecule has 2 rings (SSSR count). The van der Waals surface area contributed by atoms with Crippen LogP contribution in [0.5, 0.6) is 0 Å². The second kappa shape index (κ2) is 3.12. The average Bonchev–Trinajstić information content (AvgIpc) is 2.65. The molecule has 0 fully saturated rings. The third-order valence-electron chi connectivity index (χ3n) is 2.25. The molecule has 0 atom stereocenters. The summed E-state index contributed by atoms with van der Waals surface area (Å²) in [5.74, 6) is 1.04. The van der Waals surface area contributed by atoms with Crippen molar-refractivity contribution in [3.05, 3.63) is 18.5 Å². The molecule has 2 aromatic heterocycles. The fraction of sp³-hybridized carbons (Fsp3) is 0.444. The van der Waals surface area contributed by atoms with Gasteiger partial charge in [-0.05, 0) is 13.8 Å². The van der Waals surface area contributed by atoms with Crippen LogP contribution in [0.4, 0.5) is 5.82 Å². The summed E-state index contributed by atoms with van der Waals surface area (Å²) in [4.78, 5) is 6.70. The summed E-state index contributed by atoms with van der Waals surface area (Å²) in [6.07, 6.45) is 3.90. The molecule has 70 valence electrons. The lowest BCUT2D eigenvalue weighted by Crippen LogP contribution is -2.21. The summed E-state index contributed by atoms with van der Waals surface area (Å²) in [7, 11) is 0. The van der Waals surface area contributed by atoms with Gasteiger partial charge in [0.25, 0.3) is 0 Å². The van der Waals surface area contributed by atoms with E-state index >= 15 is 0 Å². The van der Waals surface area contributed by atoms with Gasteiger partial charge in [-0.15, -0.1) is 0 Å². The minimum Gasteiger partial charge on any atom is -0.356 e. The first-order valence-electron chi connectivity index (χ1n) is 4.62. The molecule has 1 N–H and O–H groups in total. The molecule has 0 spiro atoms. The SMILES string of the molecule is CCN(CC)c1cn2[nH]ccc2n1. The molecule has 4 nitrogen and oxygen atoms in total. The van der Waals surface area contributed by atoms with E-state index in [0.717, 1.165) is 24.6 Å². The summed E-state index contributed by atoms with van der Waals surface area (Å²) in [5, 5.41) is 3.07. The Bertz CT molecular complexity index is 354. The van der Waals surface area contributed by atoms with Gasteiger partial charge in [0.05, 0.1) is 6.20 Å². The van der Waals surface area contributed by atoms with Crippen molar-refractivity contribution in [3.8, 4) is 0 Å². The molecule has 2 heterocycles. The lowest BCUT2D eigenvalue weighted by molar-refractivity contribution is 0.849.